The van der Waals surface area contributed by atoms with E-state index >= 15 is 0 Å². The quantitative estimate of drug-likeness (QED) is 0.563. The molecule has 0 bridgehead atoms. The highest BCUT2D eigenvalue weighted by Crippen LogP contribution is 2.34. The molecule has 4 rings (SSSR count). The lowest BCUT2D eigenvalue weighted by atomic mass is 10.3. The molecular weight excluding hydrogens is 392 g/mol. The molecule has 5 nitrogen and oxygen atoms in total. The normalized spacial score (nSPS) is 14.5. The van der Waals surface area contributed by atoms with Gasteiger partial charge in [0, 0.05) is 18.4 Å². The minimum Gasteiger partial charge on any atom is -0.490 e. The maximum Gasteiger partial charge on any atom is 0.233 e. The van der Waals surface area contributed by atoms with Crippen molar-refractivity contribution in [1.82, 2.24) is 9.88 Å². The van der Waals surface area contributed by atoms with Crippen LogP contribution in [0.15, 0.2) is 47.4 Å². The molecule has 0 fully saturated rings. The lowest BCUT2D eigenvalue weighted by Gasteiger charge is -2.23. The van der Waals surface area contributed by atoms with Gasteiger partial charge in [-0.2, -0.15) is 0 Å². The molecule has 1 aliphatic heterocycles. The number of fused-ring (bicyclic) bond motifs is 2. The molecule has 1 aromatic heterocycles. The summed E-state index contributed by atoms with van der Waals surface area (Å²) >= 11 is 3.15. The van der Waals surface area contributed by atoms with Crippen molar-refractivity contribution in [3.05, 3.63) is 47.5 Å². The zero-order chi connectivity index (χ0) is 19.5. The molecule has 0 saturated carbocycles. The summed E-state index contributed by atoms with van der Waals surface area (Å²) in [6.45, 7) is 3.35. The zero-order valence-corrected chi connectivity index (χ0v) is 17.5. The Kier molecular flexibility index (Phi) is 5.73. The summed E-state index contributed by atoms with van der Waals surface area (Å²) in [5.74, 6) is 1.97. The van der Waals surface area contributed by atoms with Crippen molar-refractivity contribution in [2.75, 3.05) is 26.0 Å². The summed E-state index contributed by atoms with van der Waals surface area (Å²) in [7, 11) is 1.84. The molecule has 7 heteroatoms. The number of para-hydroxylation sites is 1. The van der Waals surface area contributed by atoms with E-state index in [0.29, 0.717) is 19.0 Å². The van der Waals surface area contributed by atoms with E-state index in [4.69, 9.17) is 9.47 Å². The van der Waals surface area contributed by atoms with Gasteiger partial charge in [0.1, 0.15) is 5.01 Å². The number of rotatable bonds is 5. The van der Waals surface area contributed by atoms with Crippen LogP contribution >= 0.6 is 23.1 Å². The fourth-order valence-corrected chi connectivity index (χ4v) is 4.84. The van der Waals surface area contributed by atoms with Crippen LogP contribution in [0.3, 0.4) is 0 Å². The molecule has 0 spiro atoms. The van der Waals surface area contributed by atoms with Gasteiger partial charge in [0.25, 0.3) is 0 Å². The summed E-state index contributed by atoms with van der Waals surface area (Å²) in [6, 6.07) is 13.8. The standard InChI is InChI=1S/C21H22N2O3S2/c1-14(21-22-16-6-3-4-7-19(16)28-21)23(2)20(24)13-27-15-8-9-17-18(12-15)26-11-5-10-25-17/h3-4,6-9,12,14H,5,10-11,13H2,1-2H3/t14-/m0/s1. The van der Waals surface area contributed by atoms with Crippen LogP contribution in [0.25, 0.3) is 10.2 Å². The molecule has 0 unspecified atom stereocenters. The van der Waals surface area contributed by atoms with E-state index in [1.807, 2.05) is 50.4 Å². The first kappa shape index (κ1) is 19.1. The van der Waals surface area contributed by atoms with E-state index in [1.165, 1.54) is 11.8 Å². The molecule has 1 amide bonds. The van der Waals surface area contributed by atoms with Gasteiger partial charge in [0.2, 0.25) is 5.91 Å². The third kappa shape index (κ3) is 4.10. The fraction of sp³-hybridized carbons (Fsp3) is 0.333. The van der Waals surface area contributed by atoms with E-state index in [9.17, 15) is 4.79 Å². The molecule has 1 aliphatic rings. The van der Waals surface area contributed by atoms with Gasteiger partial charge < -0.3 is 14.4 Å². The van der Waals surface area contributed by atoms with Crippen molar-refractivity contribution in [2.45, 2.75) is 24.3 Å². The largest absolute Gasteiger partial charge is 0.490 e. The van der Waals surface area contributed by atoms with E-state index in [2.05, 4.69) is 11.1 Å². The highest BCUT2D eigenvalue weighted by atomic mass is 32.2. The van der Waals surface area contributed by atoms with E-state index < -0.39 is 0 Å². The second kappa shape index (κ2) is 8.41. The Balaban J connectivity index is 1.39. The van der Waals surface area contributed by atoms with Crippen molar-refractivity contribution < 1.29 is 14.3 Å². The van der Waals surface area contributed by atoms with Crippen LogP contribution in [0.2, 0.25) is 0 Å². The number of amides is 1. The first-order valence-electron chi connectivity index (χ1n) is 9.25. The van der Waals surface area contributed by atoms with Gasteiger partial charge in [-0.3, -0.25) is 4.79 Å². The van der Waals surface area contributed by atoms with E-state index in [1.54, 1.807) is 16.2 Å². The Morgan fingerprint density at radius 3 is 2.82 bits per heavy atom. The van der Waals surface area contributed by atoms with Gasteiger partial charge in [-0.15, -0.1) is 23.1 Å². The number of thioether (sulfide) groups is 1. The average Bonchev–Trinajstić information content (AvgIpc) is 3.02. The maximum atomic E-state index is 12.7. The lowest BCUT2D eigenvalue weighted by molar-refractivity contribution is -0.128. The number of carbonyl (C=O) groups excluding carboxylic acids is 1. The highest BCUT2D eigenvalue weighted by Gasteiger charge is 2.21. The van der Waals surface area contributed by atoms with Crippen LogP contribution in [0.1, 0.15) is 24.4 Å². The monoisotopic (exact) mass is 414 g/mol. The van der Waals surface area contributed by atoms with Gasteiger partial charge in [0.15, 0.2) is 11.5 Å². The van der Waals surface area contributed by atoms with Crippen LogP contribution < -0.4 is 9.47 Å². The number of hydrogen-bond donors (Lipinski definition) is 0. The van der Waals surface area contributed by atoms with Gasteiger partial charge in [-0.05, 0) is 37.3 Å². The van der Waals surface area contributed by atoms with Gasteiger partial charge >= 0.3 is 0 Å². The third-order valence-corrected chi connectivity index (χ3v) is 6.91. The van der Waals surface area contributed by atoms with E-state index in [-0.39, 0.29) is 11.9 Å². The topological polar surface area (TPSA) is 51.7 Å². The SMILES string of the molecule is C[C@@H](c1nc2ccccc2s1)N(C)C(=O)CSc1ccc2c(c1)OCCCO2. The predicted octanol–water partition coefficient (Wildman–Crippen LogP) is 4.77. The molecule has 2 aromatic carbocycles. The number of hydrogen-bond acceptors (Lipinski definition) is 6. The van der Waals surface area contributed by atoms with Crippen LogP contribution in [0.4, 0.5) is 0 Å². The molecule has 1 atom stereocenters. The smallest absolute Gasteiger partial charge is 0.233 e. The van der Waals surface area contributed by atoms with Crippen molar-refractivity contribution in [3.63, 3.8) is 0 Å². The van der Waals surface area contributed by atoms with Crippen molar-refractivity contribution >= 4 is 39.2 Å². The molecule has 0 N–H and O–H groups in total. The average molecular weight is 415 g/mol. The number of thiazole rings is 1. The molecule has 146 valence electrons. The first-order chi connectivity index (χ1) is 13.6. The van der Waals surface area contributed by atoms with E-state index in [0.717, 1.165) is 38.0 Å². The van der Waals surface area contributed by atoms with Gasteiger partial charge in [-0.25, -0.2) is 4.98 Å². The fourth-order valence-electron chi connectivity index (χ4n) is 2.93. The van der Waals surface area contributed by atoms with Crippen LogP contribution in [0, 0.1) is 0 Å². The summed E-state index contributed by atoms with van der Waals surface area (Å²) in [5, 5.41) is 0.956. The number of nitrogens with zero attached hydrogens (tertiary/aromatic N) is 2. The van der Waals surface area contributed by atoms with Crippen LogP contribution in [-0.4, -0.2) is 41.8 Å². The summed E-state index contributed by atoms with van der Waals surface area (Å²) < 4.78 is 12.5. The minimum atomic E-state index is -0.0609. The predicted molar refractivity (Wildman–Crippen MR) is 114 cm³/mol. The summed E-state index contributed by atoms with van der Waals surface area (Å²) in [6.07, 6.45) is 0.879. The molecule has 2 heterocycles. The number of carbonyl (C=O) groups is 1. The summed E-state index contributed by atoms with van der Waals surface area (Å²) in [4.78, 5) is 20.2. The summed E-state index contributed by atoms with van der Waals surface area (Å²) in [5.41, 5.74) is 0.983. The Morgan fingerprint density at radius 2 is 2.00 bits per heavy atom. The molecule has 28 heavy (non-hydrogen) atoms. The molecular formula is C21H22N2O3S2. The highest BCUT2D eigenvalue weighted by molar-refractivity contribution is 8.00. The number of benzene rings is 2. The zero-order valence-electron chi connectivity index (χ0n) is 15.9. The second-order valence-electron chi connectivity index (χ2n) is 6.65. The second-order valence-corrected chi connectivity index (χ2v) is 8.76. The van der Waals surface area contributed by atoms with Crippen molar-refractivity contribution in [2.24, 2.45) is 0 Å². The Labute approximate surface area is 172 Å². The molecule has 0 aliphatic carbocycles. The van der Waals surface area contributed by atoms with Crippen molar-refractivity contribution in [1.29, 1.82) is 0 Å². The molecule has 0 saturated heterocycles. The van der Waals surface area contributed by atoms with Gasteiger partial charge in [0.05, 0.1) is 35.2 Å². The van der Waals surface area contributed by atoms with Gasteiger partial charge in [-0.1, -0.05) is 12.1 Å². The molecule has 3 aromatic rings. The van der Waals surface area contributed by atoms with Crippen molar-refractivity contribution in [3.8, 4) is 11.5 Å². The Hall–Kier alpha value is -2.25. The molecule has 0 radical (unpaired) electrons. The minimum absolute atomic E-state index is 0.0609. The number of ether oxygens (including phenoxy) is 2. The van der Waals surface area contributed by atoms with Crippen LogP contribution in [-0.2, 0) is 4.79 Å². The number of aromatic nitrogens is 1. The lowest BCUT2D eigenvalue weighted by Crippen LogP contribution is -2.31. The maximum absolute atomic E-state index is 12.7. The first-order valence-corrected chi connectivity index (χ1v) is 11.1. The Morgan fingerprint density at radius 1 is 1.21 bits per heavy atom. The van der Waals surface area contributed by atoms with Crippen LogP contribution in [0.5, 0.6) is 11.5 Å². The third-order valence-electron chi connectivity index (χ3n) is 4.72. The Bertz CT molecular complexity index is 956.